The molecule has 6 nitrogen and oxygen atoms in total. The molecule has 0 aromatic rings. The number of hydrogen-bond donors (Lipinski definition) is 3. The van der Waals surface area contributed by atoms with Crippen molar-refractivity contribution in [1.29, 1.82) is 0 Å². The smallest absolute Gasteiger partial charge is 0.208 e. The third-order valence-electron chi connectivity index (χ3n) is 4.30. The van der Waals surface area contributed by atoms with Crippen LogP contribution in [0.5, 0.6) is 0 Å². The fourth-order valence-corrected chi connectivity index (χ4v) is 2.73. The van der Waals surface area contributed by atoms with Crippen LogP contribution in [0.15, 0.2) is 36.2 Å². The molecule has 0 bridgehead atoms. The number of amides is 1. The predicted molar refractivity (Wildman–Crippen MR) is 199 cm³/mol. The Labute approximate surface area is 273 Å². The van der Waals surface area contributed by atoms with Gasteiger partial charge in [-0.3, -0.25) is 9.59 Å². The van der Waals surface area contributed by atoms with Crippen LogP contribution in [0.25, 0.3) is 0 Å². The molecule has 1 amide bonds. The number of allylic oxidation sites excluding steroid dienone is 3. The second-order valence-electron chi connectivity index (χ2n) is 8.63. The summed E-state index contributed by atoms with van der Waals surface area (Å²) >= 11 is 0. The Kier molecular flexibility index (Phi) is 83.4. The van der Waals surface area contributed by atoms with Gasteiger partial charge in [-0.05, 0) is 51.9 Å². The van der Waals surface area contributed by atoms with E-state index in [2.05, 4.69) is 39.6 Å². The Morgan fingerprint density at radius 3 is 1.51 bits per heavy atom. The highest BCUT2D eigenvalue weighted by Gasteiger charge is 2.27. The first kappa shape index (κ1) is 60.3. The molecule has 3 aliphatic rings. The summed E-state index contributed by atoms with van der Waals surface area (Å²) in [5.74, 6) is 1.37. The lowest BCUT2D eigenvalue weighted by molar-refractivity contribution is -0.120. The number of nitrogens with one attached hydrogen (secondary N) is 2. The van der Waals surface area contributed by atoms with Crippen molar-refractivity contribution in [2.24, 2.45) is 11.8 Å². The van der Waals surface area contributed by atoms with Gasteiger partial charge in [0.25, 0.3) is 0 Å². The molecule has 0 atom stereocenters. The van der Waals surface area contributed by atoms with Gasteiger partial charge < -0.3 is 20.6 Å². The van der Waals surface area contributed by atoms with Crippen molar-refractivity contribution in [3.63, 3.8) is 0 Å². The molecule has 0 spiro atoms. The number of carbonyl (C=O) groups excluding carboxylic acids is 2. The van der Waals surface area contributed by atoms with Gasteiger partial charge in [0.15, 0.2) is 5.78 Å². The Bertz CT molecular complexity index is 546. The first-order valence-electron chi connectivity index (χ1n) is 17.0. The maximum Gasteiger partial charge on any atom is 0.208 e. The molecule has 264 valence electrons. The monoisotopic (exact) mass is 618 g/mol. The molecule has 0 radical (unpaired) electrons. The van der Waals surface area contributed by atoms with E-state index >= 15 is 0 Å². The van der Waals surface area contributed by atoms with E-state index in [9.17, 15) is 4.79 Å². The Balaban J connectivity index is -0.0000000654. The second kappa shape index (κ2) is 59.5. The van der Waals surface area contributed by atoms with E-state index < -0.39 is 0 Å². The maximum atomic E-state index is 12.4. The van der Waals surface area contributed by atoms with Crippen LogP contribution in [0.4, 0.5) is 0 Å². The molecule has 1 heterocycles. The lowest BCUT2D eigenvalue weighted by atomic mass is 9.82. The molecular formula is C37H83N3O3. The lowest BCUT2D eigenvalue weighted by Gasteiger charge is -2.28. The molecule has 1 aliphatic heterocycles. The fourth-order valence-electron chi connectivity index (χ4n) is 2.73. The zero-order valence-electron chi connectivity index (χ0n) is 31.5. The number of nitrogens with zero attached hydrogens (tertiary/aromatic N) is 1. The van der Waals surface area contributed by atoms with Gasteiger partial charge >= 0.3 is 0 Å². The number of aliphatic hydroxyl groups excluding tert-OH is 1. The highest BCUT2D eigenvalue weighted by Crippen LogP contribution is 2.30. The summed E-state index contributed by atoms with van der Waals surface area (Å²) in [7, 11) is 3.75. The van der Waals surface area contributed by atoms with Crippen LogP contribution < -0.4 is 10.6 Å². The summed E-state index contributed by atoms with van der Waals surface area (Å²) in [6, 6.07) is 0. The van der Waals surface area contributed by atoms with Crippen molar-refractivity contribution in [2.45, 2.75) is 156 Å². The van der Waals surface area contributed by atoms with Crippen LogP contribution >= 0.6 is 0 Å². The van der Waals surface area contributed by atoms with Crippen molar-refractivity contribution < 1.29 is 14.7 Å². The van der Waals surface area contributed by atoms with Crippen LogP contribution in [0.3, 0.4) is 0 Å². The van der Waals surface area contributed by atoms with Gasteiger partial charge in [-0.25, -0.2) is 0 Å². The summed E-state index contributed by atoms with van der Waals surface area (Å²) in [4.78, 5) is 23.6. The molecular weight excluding hydrogens is 534 g/mol. The van der Waals surface area contributed by atoms with Crippen molar-refractivity contribution in [3.05, 3.63) is 36.2 Å². The highest BCUT2D eigenvalue weighted by atomic mass is 16.3. The minimum atomic E-state index is -0.274. The topological polar surface area (TPSA) is 81.7 Å². The fraction of sp³-hybridized carbons (Fsp3) is 0.784. The van der Waals surface area contributed by atoms with Crippen LogP contribution in [0.2, 0.25) is 0 Å². The van der Waals surface area contributed by atoms with E-state index in [1.54, 1.807) is 0 Å². The van der Waals surface area contributed by atoms with Crippen molar-refractivity contribution >= 4 is 12.2 Å². The molecule has 0 saturated heterocycles. The van der Waals surface area contributed by atoms with Gasteiger partial charge in [0.1, 0.15) is 6.73 Å². The van der Waals surface area contributed by atoms with Crippen LogP contribution in [-0.2, 0) is 9.59 Å². The van der Waals surface area contributed by atoms with E-state index in [0.29, 0.717) is 12.2 Å². The summed E-state index contributed by atoms with van der Waals surface area (Å²) in [6.07, 6.45) is 16.6. The van der Waals surface area contributed by atoms with Gasteiger partial charge in [-0.2, -0.15) is 0 Å². The van der Waals surface area contributed by atoms with Crippen molar-refractivity contribution in [3.8, 4) is 0 Å². The minimum Gasteiger partial charge on any atom is -0.377 e. The Morgan fingerprint density at radius 1 is 0.907 bits per heavy atom. The van der Waals surface area contributed by atoms with Gasteiger partial charge in [0, 0.05) is 29.9 Å². The average molecular weight is 618 g/mol. The third-order valence-corrected chi connectivity index (χ3v) is 4.30. The number of hydrogen-bond acceptors (Lipinski definition) is 5. The molecule has 2 aliphatic carbocycles. The van der Waals surface area contributed by atoms with E-state index in [1.807, 2.05) is 112 Å². The molecule has 2 fully saturated rings. The molecule has 2 saturated carbocycles. The molecule has 0 unspecified atom stereocenters. The summed E-state index contributed by atoms with van der Waals surface area (Å²) < 4.78 is 0. The average Bonchev–Trinajstić information content (AvgIpc) is 3.94. The van der Waals surface area contributed by atoms with Gasteiger partial charge in [0.05, 0.1) is 0 Å². The quantitative estimate of drug-likeness (QED) is 0.211. The summed E-state index contributed by atoms with van der Waals surface area (Å²) in [5.41, 5.74) is 1.69. The number of ketones is 1. The van der Waals surface area contributed by atoms with Gasteiger partial charge in [0.2, 0.25) is 6.41 Å². The molecule has 3 rings (SSSR count). The molecule has 3 N–H and O–H groups in total. The molecule has 0 aromatic carbocycles. The zero-order valence-corrected chi connectivity index (χ0v) is 31.5. The largest absolute Gasteiger partial charge is 0.377 e. The number of Topliss-reactive ketones (excluding diaryl/α,β-unsaturated/α-hetero) is 1. The Morgan fingerprint density at radius 2 is 1.26 bits per heavy atom. The van der Waals surface area contributed by atoms with E-state index in [-0.39, 0.29) is 20.1 Å². The number of rotatable bonds is 5. The highest BCUT2D eigenvalue weighted by molar-refractivity contribution is 6.01. The number of aliphatic hydroxyl groups is 1. The number of likely N-dealkylation sites (N-methyl/N-ethyl adjacent to an activating group) is 1. The van der Waals surface area contributed by atoms with Crippen molar-refractivity contribution in [2.75, 3.05) is 27.4 Å². The number of carbonyl (C=O) groups is 2. The maximum absolute atomic E-state index is 12.4. The minimum absolute atomic E-state index is 0. The standard InChI is InChI=1S/C15H21NO.C4H10.C3H6.C2H5NO2.C2H7N.5C2H6.CH4/c1-3-16-11-7-10-14(12(16)2)15(17)13-8-5-4-6-9-13;1-4(2)3;1-2-3-1;4-1-3-2-5;1-3-2;5*1-2;/h7,10-11,13H,2-6,8-9H2,1H3;4H,1-3H3;1-3H2;1,5H,2H2,(H,3,4);3H,1-2H3;5*1-2H3;1H4. The third kappa shape index (κ3) is 53.1. The van der Waals surface area contributed by atoms with Gasteiger partial charge in [-0.1, -0.05) is 143 Å². The molecule has 6 heteroatoms. The normalized spacial score (nSPS) is 12.9. The van der Waals surface area contributed by atoms with Crippen LogP contribution in [0.1, 0.15) is 156 Å². The first-order chi connectivity index (χ1) is 20.3. The second-order valence-corrected chi connectivity index (χ2v) is 8.63. The van der Waals surface area contributed by atoms with Crippen molar-refractivity contribution in [1.82, 2.24) is 15.5 Å². The lowest BCUT2D eigenvalue weighted by Crippen LogP contribution is -2.27. The summed E-state index contributed by atoms with van der Waals surface area (Å²) in [5, 5.41) is 12.5. The SMILES string of the molecule is C.C1CC1.C=C1C(C(=O)C2CCCCC2)=CC=CN1CC.CC.CC.CC.CC.CC.CC(C)C.CNC.O=CNCO. The van der Waals surface area contributed by atoms with Crippen LogP contribution in [0, 0.1) is 11.8 Å². The van der Waals surface area contributed by atoms with Gasteiger partial charge in [-0.15, -0.1) is 0 Å². The van der Waals surface area contributed by atoms with Crippen LogP contribution in [-0.4, -0.2) is 49.6 Å². The van der Waals surface area contributed by atoms with E-state index in [4.69, 9.17) is 9.90 Å². The van der Waals surface area contributed by atoms with E-state index in [1.165, 1.54) is 38.5 Å². The zero-order chi connectivity index (χ0) is 34.8. The summed E-state index contributed by atoms with van der Waals surface area (Å²) in [6.45, 7) is 33.2. The first-order valence-corrected chi connectivity index (χ1v) is 17.0. The molecule has 43 heavy (non-hydrogen) atoms. The van der Waals surface area contributed by atoms with E-state index in [0.717, 1.165) is 36.6 Å². The molecule has 0 aromatic heterocycles. The Hall–Kier alpha value is -1.92. The predicted octanol–water partition coefficient (Wildman–Crippen LogP) is 10.5.